The number of rotatable bonds is 9. The van der Waals surface area contributed by atoms with Crippen LogP contribution in [0, 0.1) is 27.9 Å². The molecule has 0 radical (unpaired) electrons. The Balaban J connectivity index is 2.10. The molecule has 0 amide bonds. The molecule has 0 unspecified atom stereocenters. The molecule has 6 heteroatoms. The molecule has 1 aromatic carbocycles. The van der Waals surface area contributed by atoms with E-state index in [4.69, 9.17) is 0 Å². The molecule has 0 heterocycles. The lowest BCUT2D eigenvalue weighted by Crippen LogP contribution is -2.40. The average Bonchev–Trinajstić information content (AvgIpc) is 2.63. The van der Waals surface area contributed by atoms with Crippen LogP contribution >= 0.6 is 0 Å². The maximum atomic E-state index is 12.9. The molecule has 0 spiro atoms. The summed E-state index contributed by atoms with van der Waals surface area (Å²) in [5.74, 6) is -2.64. The fourth-order valence-electron chi connectivity index (χ4n) is 4.18. The number of nitro groups is 1. The quantitative estimate of drug-likeness (QED) is 0.533. The molecule has 1 aliphatic carbocycles. The second-order valence-electron chi connectivity index (χ2n) is 7.21. The SMILES string of the molecule is CC[C@@H](C(=O)C[C@H](Cc1ccccc1)C(=O)O)[C@H]1CCCC[C@H]1[N+](=O)[O-]. The van der Waals surface area contributed by atoms with Crippen molar-refractivity contribution in [3.8, 4) is 0 Å². The number of nitrogens with zero attached hydrogens (tertiary/aromatic N) is 1. The molecule has 4 atom stereocenters. The fourth-order valence-corrected chi connectivity index (χ4v) is 4.18. The molecule has 0 aliphatic heterocycles. The Hall–Kier alpha value is -2.24. The summed E-state index contributed by atoms with van der Waals surface area (Å²) < 4.78 is 0. The second-order valence-corrected chi connectivity index (χ2v) is 7.21. The predicted molar refractivity (Wildman–Crippen MR) is 97.4 cm³/mol. The molecule has 1 aliphatic rings. The number of carbonyl (C=O) groups excluding carboxylic acids is 1. The van der Waals surface area contributed by atoms with Crippen LogP contribution in [0.4, 0.5) is 0 Å². The van der Waals surface area contributed by atoms with Gasteiger partial charge < -0.3 is 5.11 Å². The smallest absolute Gasteiger partial charge is 0.307 e. The first kappa shape index (κ1) is 20.1. The van der Waals surface area contributed by atoms with Crippen molar-refractivity contribution >= 4 is 11.8 Å². The van der Waals surface area contributed by atoms with Crippen molar-refractivity contribution in [3.05, 3.63) is 46.0 Å². The van der Waals surface area contributed by atoms with Gasteiger partial charge in [0.1, 0.15) is 5.78 Å². The maximum Gasteiger partial charge on any atom is 0.307 e. The van der Waals surface area contributed by atoms with Gasteiger partial charge >= 0.3 is 5.97 Å². The van der Waals surface area contributed by atoms with Crippen molar-refractivity contribution in [2.45, 2.75) is 57.9 Å². The molecule has 6 nitrogen and oxygen atoms in total. The monoisotopic (exact) mass is 361 g/mol. The van der Waals surface area contributed by atoms with E-state index >= 15 is 0 Å². The van der Waals surface area contributed by atoms with E-state index in [1.54, 1.807) is 0 Å². The minimum Gasteiger partial charge on any atom is -0.481 e. The van der Waals surface area contributed by atoms with Crippen LogP contribution in [0.3, 0.4) is 0 Å². The summed E-state index contributed by atoms with van der Waals surface area (Å²) in [6, 6.07) is 8.56. The van der Waals surface area contributed by atoms with Gasteiger partial charge in [-0.25, -0.2) is 0 Å². The lowest BCUT2D eigenvalue weighted by atomic mass is 9.72. The number of benzene rings is 1. The molecule has 1 N–H and O–H groups in total. The molecule has 0 saturated heterocycles. The number of carboxylic acids is 1. The van der Waals surface area contributed by atoms with E-state index in [9.17, 15) is 24.8 Å². The van der Waals surface area contributed by atoms with Crippen LogP contribution in [-0.2, 0) is 16.0 Å². The van der Waals surface area contributed by atoms with E-state index in [0.29, 0.717) is 25.7 Å². The van der Waals surface area contributed by atoms with E-state index in [1.165, 1.54) is 0 Å². The zero-order valence-electron chi connectivity index (χ0n) is 15.2. The molecule has 1 fully saturated rings. The number of Topliss-reactive ketones (excluding diaryl/α,β-unsaturated/α-hetero) is 1. The molecular weight excluding hydrogens is 334 g/mol. The van der Waals surface area contributed by atoms with Crippen molar-refractivity contribution < 1.29 is 19.6 Å². The van der Waals surface area contributed by atoms with E-state index in [1.807, 2.05) is 37.3 Å². The van der Waals surface area contributed by atoms with E-state index in [0.717, 1.165) is 18.4 Å². The van der Waals surface area contributed by atoms with Gasteiger partial charge in [-0.2, -0.15) is 0 Å². The first-order valence-electron chi connectivity index (χ1n) is 9.37. The van der Waals surface area contributed by atoms with Crippen LogP contribution in [0.25, 0.3) is 0 Å². The Morgan fingerprint density at radius 3 is 2.46 bits per heavy atom. The summed E-state index contributed by atoms with van der Waals surface area (Å²) in [5.41, 5.74) is 0.876. The zero-order chi connectivity index (χ0) is 19.1. The minimum absolute atomic E-state index is 0.0658. The Morgan fingerprint density at radius 1 is 1.23 bits per heavy atom. The molecule has 1 aromatic rings. The highest BCUT2D eigenvalue weighted by Gasteiger charge is 2.41. The summed E-state index contributed by atoms with van der Waals surface area (Å²) in [6.07, 6.45) is 3.64. The maximum absolute atomic E-state index is 12.9. The number of hydrogen-bond donors (Lipinski definition) is 1. The molecule has 0 bridgehead atoms. The topological polar surface area (TPSA) is 97.5 Å². The van der Waals surface area contributed by atoms with Gasteiger partial charge in [0.15, 0.2) is 0 Å². The fraction of sp³-hybridized carbons (Fsp3) is 0.600. The van der Waals surface area contributed by atoms with Crippen LogP contribution in [0.5, 0.6) is 0 Å². The molecule has 1 saturated carbocycles. The van der Waals surface area contributed by atoms with Gasteiger partial charge in [-0.1, -0.05) is 43.7 Å². The lowest BCUT2D eigenvalue weighted by Gasteiger charge is -2.31. The highest BCUT2D eigenvalue weighted by atomic mass is 16.6. The van der Waals surface area contributed by atoms with Gasteiger partial charge in [-0.05, 0) is 31.2 Å². The van der Waals surface area contributed by atoms with Crippen LogP contribution in [-0.4, -0.2) is 27.8 Å². The Kier molecular flexibility index (Phi) is 7.30. The van der Waals surface area contributed by atoms with Gasteiger partial charge in [0.25, 0.3) is 0 Å². The van der Waals surface area contributed by atoms with Crippen LogP contribution in [0.2, 0.25) is 0 Å². The normalized spacial score (nSPS) is 22.3. The van der Waals surface area contributed by atoms with E-state index < -0.39 is 23.8 Å². The Bertz CT molecular complexity index is 630. The van der Waals surface area contributed by atoms with Crippen LogP contribution in [0.15, 0.2) is 30.3 Å². The van der Waals surface area contributed by atoms with Crippen molar-refractivity contribution in [1.82, 2.24) is 0 Å². The Labute approximate surface area is 153 Å². The highest BCUT2D eigenvalue weighted by molar-refractivity contribution is 5.86. The second kappa shape index (κ2) is 9.46. The van der Waals surface area contributed by atoms with Crippen LogP contribution in [0.1, 0.15) is 51.0 Å². The molecule has 142 valence electrons. The molecular formula is C20H27NO5. The van der Waals surface area contributed by atoms with Crippen molar-refractivity contribution in [3.63, 3.8) is 0 Å². The summed E-state index contributed by atoms with van der Waals surface area (Å²) in [6.45, 7) is 1.86. The van der Waals surface area contributed by atoms with Crippen LogP contribution < -0.4 is 0 Å². The third kappa shape index (κ3) is 5.13. The van der Waals surface area contributed by atoms with Gasteiger partial charge in [-0.3, -0.25) is 19.7 Å². The first-order chi connectivity index (χ1) is 12.4. The van der Waals surface area contributed by atoms with Crippen molar-refractivity contribution in [2.75, 3.05) is 0 Å². The van der Waals surface area contributed by atoms with Gasteiger partial charge in [-0.15, -0.1) is 0 Å². The molecule has 2 rings (SSSR count). The number of ketones is 1. The Morgan fingerprint density at radius 2 is 1.88 bits per heavy atom. The summed E-state index contributed by atoms with van der Waals surface area (Å²) in [7, 11) is 0. The van der Waals surface area contributed by atoms with Crippen molar-refractivity contribution in [2.24, 2.45) is 17.8 Å². The lowest BCUT2D eigenvalue weighted by molar-refractivity contribution is -0.537. The van der Waals surface area contributed by atoms with E-state index in [-0.39, 0.29) is 23.0 Å². The third-order valence-electron chi connectivity index (χ3n) is 5.54. The summed E-state index contributed by atoms with van der Waals surface area (Å²) in [4.78, 5) is 35.6. The largest absolute Gasteiger partial charge is 0.481 e. The molecule has 26 heavy (non-hydrogen) atoms. The predicted octanol–water partition coefficient (Wildman–Crippen LogP) is 3.75. The standard InChI is InChI=1S/C20H27NO5/c1-2-16(17-10-6-7-11-18(17)21(25)26)19(22)13-15(20(23)24)12-14-8-4-3-5-9-14/h3-5,8-9,15-18H,2,6-7,10-13H2,1H3,(H,23,24)/t15-,16+,17+,18+/m0/s1. The number of aliphatic carboxylic acids is 1. The zero-order valence-corrected chi connectivity index (χ0v) is 15.2. The summed E-state index contributed by atoms with van der Waals surface area (Å²) in [5, 5.41) is 20.9. The number of hydrogen-bond acceptors (Lipinski definition) is 4. The van der Waals surface area contributed by atoms with Crippen molar-refractivity contribution in [1.29, 1.82) is 0 Å². The van der Waals surface area contributed by atoms with Gasteiger partial charge in [0.05, 0.1) is 5.92 Å². The van der Waals surface area contributed by atoms with Gasteiger partial charge in [0.2, 0.25) is 6.04 Å². The highest BCUT2D eigenvalue weighted by Crippen LogP contribution is 2.35. The average molecular weight is 361 g/mol. The number of carbonyl (C=O) groups is 2. The first-order valence-corrected chi connectivity index (χ1v) is 9.37. The minimum atomic E-state index is -0.994. The van der Waals surface area contributed by atoms with E-state index in [2.05, 4.69) is 0 Å². The van der Waals surface area contributed by atoms with Gasteiger partial charge in [0, 0.05) is 29.6 Å². The number of carboxylic acid groups (broad SMARTS) is 1. The third-order valence-corrected chi connectivity index (χ3v) is 5.54. The molecule has 0 aromatic heterocycles. The summed E-state index contributed by atoms with van der Waals surface area (Å²) >= 11 is 0.